The van der Waals surface area contributed by atoms with Crippen LogP contribution in [0.2, 0.25) is 0 Å². The fourth-order valence-corrected chi connectivity index (χ4v) is 4.03. The number of rotatable bonds is 1. The van der Waals surface area contributed by atoms with Crippen molar-refractivity contribution in [1.29, 1.82) is 0 Å². The largest absolute Gasteiger partial charge is 0.484 e. The van der Waals surface area contributed by atoms with Crippen LogP contribution in [0, 0.1) is 0 Å². The van der Waals surface area contributed by atoms with E-state index in [9.17, 15) is 0 Å². The minimum atomic E-state index is 0.0343. The summed E-state index contributed by atoms with van der Waals surface area (Å²) >= 11 is 5.33. The van der Waals surface area contributed by atoms with Crippen LogP contribution in [-0.4, -0.2) is 0 Å². The van der Waals surface area contributed by atoms with Gasteiger partial charge in [-0.3, -0.25) is 0 Å². The summed E-state index contributed by atoms with van der Waals surface area (Å²) in [5, 5.41) is 0. The van der Waals surface area contributed by atoms with Gasteiger partial charge in [0, 0.05) is 32.3 Å². The lowest BCUT2D eigenvalue weighted by atomic mass is 9.94. The van der Waals surface area contributed by atoms with E-state index in [1.54, 1.807) is 0 Å². The van der Waals surface area contributed by atoms with Crippen LogP contribution in [0.4, 0.5) is 0 Å². The molecule has 0 saturated heterocycles. The van der Waals surface area contributed by atoms with Crippen molar-refractivity contribution in [3.63, 3.8) is 0 Å². The van der Waals surface area contributed by atoms with Gasteiger partial charge in [0.25, 0.3) is 0 Å². The monoisotopic (exact) mass is 365 g/mol. The highest BCUT2D eigenvalue weighted by atomic mass is 79.9. The summed E-state index contributed by atoms with van der Waals surface area (Å²) in [5.41, 5.74) is 7.61. The molecule has 1 unspecified atom stereocenters. The first kappa shape index (κ1) is 15.1. The van der Waals surface area contributed by atoms with E-state index in [1.807, 2.05) is 23.5 Å². The average Bonchev–Trinajstić information content (AvgIpc) is 2.87. The van der Waals surface area contributed by atoms with Crippen LogP contribution in [0.3, 0.4) is 0 Å². The lowest BCUT2D eigenvalue weighted by Crippen LogP contribution is -2.23. The van der Waals surface area contributed by atoms with Crippen molar-refractivity contribution < 1.29 is 4.74 Å². The second-order valence-electron chi connectivity index (χ2n) is 6.58. The molecule has 0 fully saturated rings. The third kappa shape index (κ3) is 3.03. The number of thiophene rings is 1. The Morgan fingerprint density at radius 2 is 2.00 bits per heavy atom. The van der Waals surface area contributed by atoms with Gasteiger partial charge in [0.2, 0.25) is 0 Å². The van der Waals surface area contributed by atoms with Gasteiger partial charge in [-0.25, -0.2) is 0 Å². The van der Waals surface area contributed by atoms with E-state index in [4.69, 9.17) is 10.5 Å². The third-order valence-electron chi connectivity index (χ3n) is 3.80. The number of hydrogen-bond donors (Lipinski definition) is 1. The number of benzene rings is 1. The van der Waals surface area contributed by atoms with E-state index in [2.05, 4.69) is 54.9 Å². The normalized spacial score (nSPS) is 21.8. The summed E-state index contributed by atoms with van der Waals surface area (Å²) in [7, 11) is 0. The number of hydrogen-bond acceptors (Lipinski definition) is 3. The maximum Gasteiger partial charge on any atom is 0.135 e. The van der Waals surface area contributed by atoms with Crippen molar-refractivity contribution in [2.24, 2.45) is 5.73 Å². The molecule has 2 N–H and O–H groups in total. The molecule has 0 spiro atoms. The van der Waals surface area contributed by atoms with Crippen molar-refractivity contribution in [3.8, 4) is 5.75 Å². The molecular weight excluding hydrogens is 346 g/mol. The molecule has 21 heavy (non-hydrogen) atoms. The second kappa shape index (κ2) is 5.41. The van der Waals surface area contributed by atoms with Gasteiger partial charge < -0.3 is 10.5 Å². The molecule has 1 aromatic heterocycles. The van der Waals surface area contributed by atoms with Crippen molar-refractivity contribution in [2.75, 3.05) is 0 Å². The van der Waals surface area contributed by atoms with Gasteiger partial charge in [-0.2, -0.15) is 0 Å². The number of halogens is 1. The zero-order valence-corrected chi connectivity index (χ0v) is 14.9. The lowest BCUT2D eigenvalue weighted by Gasteiger charge is -2.30. The summed E-state index contributed by atoms with van der Waals surface area (Å²) < 4.78 is 7.22. The van der Waals surface area contributed by atoms with Gasteiger partial charge in [-0.1, -0.05) is 42.8 Å². The van der Waals surface area contributed by atoms with E-state index < -0.39 is 0 Å². The molecule has 0 saturated carbocycles. The van der Waals surface area contributed by atoms with Gasteiger partial charge in [0.15, 0.2) is 0 Å². The lowest BCUT2D eigenvalue weighted by molar-refractivity contribution is 0.165. The molecule has 0 aliphatic carbocycles. The summed E-state index contributed by atoms with van der Waals surface area (Å²) in [4.78, 5) is 2.65. The van der Waals surface area contributed by atoms with Crippen LogP contribution in [0.1, 0.15) is 54.7 Å². The third-order valence-corrected chi connectivity index (χ3v) is 5.89. The van der Waals surface area contributed by atoms with Gasteiger partial charge in [-0.15, -0.1) is 11.3 Å². The molecule has 2 aromatic rings. The summed E-state index contributed by atoms with van der Waals surface area (Å²) in [5.74, 6) is 0.902. The van der Waals surface area contributed by atoms with Gasteiger partial charge in [0.05, 0.1) is 0 Å². The highest BCUT2D eigenvalue weighted by molar-refractivity contribution is 9.10. The number of ether oxygens (including phenoxy) is 1. The Kier molecular flexibility index (Phi) is 3.89. The van der Waals surface area contributed by atoms with E-state index in [0.717, 1.165) is 22.2 Å². The van der Waals surface area contributed by atoms with Crippen molar-refractivity contribution in [3.05, 3.63) is 50.1 Å². The molecule has 2 heterocycles. The Hall–Kier alpha value is -0.840. The highest BCUT2D eigenvalue weighted by Gasteiger charge is 2.29. The molecule has 1 aliphatic rings. The first-order chi connectivity index (χ1) is 9.84. The van der Waals surface area contributed by atoms with Gasteiger partial charge >= 0.3 is 0 Å². The Bertz CT molecular complexity index is 659. The maximum absolute atomic E-state index is 6.33. The molecule has 2 nitrogen and oxygen atoms in total. The van der Waals surface area contributed by atoms with E-state index in [1.165, 1.54) is 9.75 Å². The maximum atomic E-state index is 6.33. The Labute approximate surface area is 138 Å². The van der Waals surface area contributed by atoms with Crippen molar-refractivity contribution in [1.82, 2.24) is 0 Å². The standard InChI is InChI=1S/C17H20BrNOS/c1-17(2,3)16-7-6-15(21-16)14-9-12(19)11-5-4-10(18)8-13(11)20-14/h4-8,12,14H,9,19H2,1-3H3/t12-,14?/m1/s1. The molecule has 2 atom stereocenters. The van der Waals surface area contributed by atoms with Crippen LogP contribution in [-0.2, 0) is 5.41 Å². The van der Waals surface area contributed by atoms with Gasteiger partial charge in [-0.05, 0) is 29.7 Å². The summed E-state index contributed by atoms with van der Waals surface area (Å²) in [6.45, 7) is 6.72. The van der Waals surface area contributed by atoms with E-state index in [-0.39, 0.29) is 17.6 Å². The van der Waals surface area contributed by atoms with Crippen LogP contribution in [0.15, 0.2) is 34.8 Å². The fraction of sp³-hybridized carbons (Fsp3) is 0.412. The molecule has 0 bridgehead atoms. The number of fused-ring (bicyclic) bond motifs is 1. The summed E-state index contributed by atoms with van der Waals surface area (Å²) in [6, 6.07) is 10.5. The molecule has 4 heteroatoms. The Balaban J connectivity index is 1.90. The van der Waals surface area contributed by atoms with Crippen LogP contribution < -0.4 is 10.5 Å². The Morgan fingerprint density at radius 1 is 1.24 bits per heavy atom. The minimum Gasteiger partial charge on any atom is -0.484 e. The zero-order valence-electron chi connectivity index (χ0n) is 12.5. The number of nitrogens with two attached hydrogens (primary N) is 1. The molecule has 0 amide bonds. The second-order valence-corrected chi connectivity index (χ2v) is 8.61. The van der Waals surface area contributed by atoms with Crippen LogP contribution >= 0.6 is 27.3 Å². The molecule has 0 radical (unpaired) electrons. The van der Waals surface area contributed by atoms with E-state index >= 15 is 0 Å². The van der Waals surface area contributed by atoms with Gasteiger partial charge in [0.1, 0.15) is 11.9 Å². The van der Waals surface area contributed by atoms with Crippen LogP contribution in [0.5, 0.6) is 5.75 Å². The highest BCUT2D eigenvalue weighted by Crippen LogP contribution is 2.43. The van der Waals surface area contributed by atoms with Crippen molar-refractivity contribution >= 4 is 27.3 Å². The predicted octanol–water partition coefficient (Wildman–Crippen LogP) is 5.33. The molecule has 3 rings (SSSR count). The van der Waals surface area contributed by atoms with Crippen LogP contribution in [0.25, 0.3) is 0 Å². The smallest absolute Gasteiger partial charge is 0.135 e. The molecule has 112 valence electrons. The zero-order chi connectivity index (χ0) is 15.2. The SMILES string of the molecule is CC(C)(C)c1ccc(C2C[C@@H](N)c3ccc(Br)cc3O2)s1. The minimum absolute atomic E-state index is 0.0343. The first-order valence-electron chi connectivity index (χ1n) is 7.16. The Morgan fingerprint density at radius 3 is 2.67 bits per heavy atom. The summed E-state index contributed by atoms with van der Waals surface area (Å²) in [6.07, 6.45) is 0.890. The molecular formula is C17H20BrNOS. The quantitative estimate of drug-likeness (QED) is 0.740. The average molecular weight is 366 g/mol. The molecule has 1 aliphatic heterocycles. The molecule has 1 aromatic carbocycles. The first-order valence-corrected chi connectivity index (χ1v) is 8.77. The predicted molar refractivity (Wildman–Crippen MR) is 92.1 cm³/mol. The van der Waals surface area contributed by atoms with Crippen molar-refractivity contribution in [2.45, 2.75) is 44.8 Å². The van der Waals surface area contributed by atoms with E-state index in [0.29, 0.717) is 0 Å². The fourth-order valence-electron chi connectivity index (χ4n) is 2.58. The topological polar surface area (TPSA) is 35.2 Å².